The van der Waals surface area contributed by atoms with Crippen LogP contribution in [0.25, 0.3) is 0 Å². The van der Waals surface area contributed by atoms with Gasteiger partial charge in [-0.25, -0.2) is 8.78 Å². The van der Waals surface area contributed by atoms with E-state index in [2.05, 4.69) is 37.4 Å². The summed E-state index contributed by atoms with van der Waals surface area (Å²) in [6.07, 6.45) is 4.05. The van der Waals surface area contributed by atoms with Crippen molar-refractivity contribution in [1.82, 2.24) is 5.32 Å². The molecule has 5 heteroatoms. The van der Waals surface area contributed by atoms with E-state index in [0.717, 1.165) is 13.1 Å². The monoisotopic (exact) mass is 395 g/mol. The van der Waals surface area contributed by atoms with Gasteiger partial charge >= 0.3 is 0 Å². The van der Waals surface area contributed by atoms with E-state index in [4.69, 9.17) is 4.74 Å². The van der Waals surface area contributed by atoms with Crippen LogP contribution < -0.4 is 5.32 Å². The number of nitrogens with one attached hydrogen (secondary N) is 1. The van der Waals surface area contributed by atoms with Gasteiger partial charge in [-0.15, -0.1) is 12.4 Å². The number of allylic oxidation sites excluding steroid dienone is 1. The van der Waals surface area contributed by atoms with Crippen molar-refractivity contribution in [2.24, 2.45) is 0 Å². The highest BCUT2D eigenvalue weighted by Crippen LogP contribution is 2.24. The molecule has 0 aliphatic heterocycles. The maximum Gasteiger partial charge on any atom is 0.131 e. The third-order valence-electron chi connectivity index (χ3n) is 4.47. The molecule has 1 N–H and O–H groups in total. The van der Waals surface area contributed by atoms with Gasteiger partial charge < -0.3 is 10.1 Å². The van der Waals surface area contributed by atoms with E-state index in [9.17, 15) is 8.78 Å². The topological polar surface area (TPSA) is 21.3 Å². The number of halogens is 3. The van der Waals surface area contributed by atoms with Gasteiger partial charge in [0, 0.05) is 24.6 Å². The largest absolute Gasteiger partial charge is 0.376 e. The van der Waals surface area contributed by atoms with Gasteiger partial charge in [0.25, 0.3) is 0 Å². The molecule has 27 heavy (non-hydrogen) atoms. The average Bonchev–Trinajstić information content (AvgIpc) is 2.60. The quantitative estimate of drug-likeness (QED) is 0.449. The molecule has 0 amide bonds. The number of hydrogen-bond acceptors (Lipinski definition) is 2. The van der Waals surface area contributed by atoms with Gasteiger partial charge in [0.05, 0.1) is 13.2 Å². The van der Waals surface area contributed by atoms with Crippen LogP contribution in [-0.2, 0) is 11.3 Å². The van der Waals surface area contributed by atoms with E-state index in [0.29, 0.717) is 6.61 Å². The first kappa shape index (κ1) is 23.3. The fraction of sp³-hybridized carbons (Fsp3) is 0.364. The van der Waals surface area contributed by atoms with Gasteiger partial charge in [0.1, 0.15) is 11.6 Å². The molecule has 0 spiro atoms. The van der Waals surface area contributed by atoms with Crippen LogP contribution in [0.4, 0.5) is 8.78 Å². The highest BCUT2D eigenvalue weighted by atomic mass is 35.5. The van der Waals surface area contributed by atoms with Crippen LogP contribution in [0.15, 0.2) is 48.6 Å². The lowest BCUT2D eigenvalue weighted by atomic mass is 9.91. The zero-order valence-electron chi connectivity index (χ0n) is 16.1. The normalized spacial score (nSPS) is 12.2. The molecule has 2 rings (SSSR count). The van der Waals surface area contributed by atoms with Gasteiger partial charge in [-0.1, -0.05) is 36.4 Å². The number of aryl methyl sites for hydroxylation is 2. The second-order valence-corrected chi connectivity index (χ2v) is 6.45. The molecule has 148 valence electrons. The van der Waals surface area contributed by atoms with E-state index in [1.165, 1.54) is 34.9 Å². The molecule has 0 aliphatic rings. The molecule has 1 unspecified atom stereocenters. The summed E-state index contributed by atoms with van der Waals surface area (Å²) in [5.74, 6) is -1.03. The van der Waals surface area contributed by atoms with Crippen LogP contribution in [0.3, 0.4) is 0 Å². The Bertz CT molecular complexity index is 709. The van der Waals surface area contributed by atoms with Crippen LogP contribution >= 0.6 is 12.4 Å². The maximum atomic E-state index is 13.8. The first-order chi connectivity index (χ1) is 12.5. The number of hydrogen-bond donors (Lipinski definition) is 1. The van der Waals surface area contributed by atoms with Crippen LogP contribution in [-0.4, -0.2) is 19.7 Å². The Morgan fingerprint density at radius 3 is 2.22 bits per heavy atom. The first-order valence-electron chi connectivity index (χ1n) is 8.93. The minimum absolute atomic E-state index is 0. The minimum Gasteiger partial charge on any atom is -0.376 e. The van der Waals surface area contributed by atoms with Crippen molar-refractivity contribution < 1.29 is 13.5 Å². The molecular weight excluding hydrogens is 368 g/mol. The van der Waals surface area contributed by atoms with Crippen LogP contribution in [0.1, 0.15) is 35.1 Å². The lowest BCUT2D eigenvalue weighted by molar-refractivity contribution is 0.102. The first-order valence-corrected chi connectivity index (χ1v) is 8.93. The standard InChI is InChI=1S/C22H27F2NO.ClH/c1-4-5-12-25-13-18(22-16(2)8-6-9-17(22)3)14-26-15-19-20(23)10-7-11-21(19)24;/h4-11,18,25H,12-15H2,1-3H3;1H. The van der Waals surface area contributed by atoms with E-state index >= 15 is 0 Å². The summed E-state index contributed by atoms with van der Waals surface area (Å²) in [4.78, 5) is 0. The molecule has 2 nitrogen and oxygen atoms in total. The van der Waals surface area contributed by atoms with Gasteiger partial charge in [0.2, 0.25) is 0 Å². The molecule has 0 heterocycles. The van der Waals surface area contributed by atoms with E-state index in [-0.39, 0.29) is 30.5 Å². The van der Waals surface area contributed by atoms with Crippen molar-refractivity contribution >= 4 is 12.4 Å². The molecule has 1 atom stereocenters. The summed E-state index contributed by atoms with van der Waals surface area (Å²) in [5, 5.41) is 3.40. The number of rotatable bonds is 9. The molecule has 2 aromatic carbocycles. The van der Waals surface area contributed by atoms with Crippen molar-refractivity contribution in [3.63, 3.8) is 0 Å². The summed E-state index contributed by atoms with van der Waals surface area (Å²) in [7, 11) is 0. The lowest BCUT2D eigenvalue weighted by Gasteiger charge is -2.22. The Kier molecular flexibility index (Phi) is 10.2. The smallest absolute Gasteiger partial charge is 0.131 e. The zero-order chi connectivity index (χ0) is 18.9. The average molecular weight is 396 g/mol. The number of benzene rings is 2. The van der Waals surface area contributed by atoms with Gasteiger partial charge in [-0.3, -0.25) is 0 Å². The Morgan fingerprint density at radius 2 is 1.63 bits per heavy atom. The van der Waals surface area contributed by atoms with E-state index in [1.54, 1.807) is 0 Å². The van der Waals surface area contributed by atoms with Crippen molar-refractivity contribution in [3.8, 4) is 0 Å². The molecule has 0 saturated heterocycles. The summed E-state index contributed by atoms with van der Waals surface area (Å²) in [6, 6.07) is 10.1. The molecule has 0 bridgehead atoms. The molecule has 0 aromatic heterocycles. The van der Waals surface area contributed by atoms with Gasteiger partial charge in [0.15, 0.2) is 0 Å². The third kappa shape index (κ3) is 6.73. The van der Waals surface area contributed by atoms with Crippen molar-refractivity contribution in [2.75, 3.05) is 19.7 Å². The Labute approximate surface area is 167 Å². The molecule has 2 aromatic rings. The van der Waals surface area contributed by atoms with Crippen molar-refractivity contribution in [1.29, 1.82) is 0 Å². The van der Waals surface area contributed by atoms with Gasteiger partial charge in [-0.05, 0) is 49.6 Å². The summed E-state index contributed by atoms with van der Waals surface area (Å²) >= 11 is 0. The predicted molar refractivity (Wildman–Crippen MR) is 110 cm³/mol. The van der Waals surface area contributed by atoms with E-state index in [1.807, 2.05) is 19.1 Å². The van der Waals surface area contributed by atoms with Crippen LogP contribution in [0.2, 0.25) is 0 Å². The molecule has 0 radical (unpaired) electrons. The fourth-order valence-corrected chi connectivity index (χ4v) is 3.15. The zero-order valence-corrected chi connectivity index (χ0v) is 16.9. The minimum atomic E-state index is -0.570. The van der Waals surface area contributed by atoms with Crippen molar-refractivity contribution in [3.05, 3.63) is 82.4 Å². The van der Waals surface area contributed by atoms with Gasteiger partial charge in [-0.2, -0.15) is 0 Å². The highest BCUT2D eigenvalue weighted by molar-refractivity contribution is 5.85. The number of ether oxygens (including phenoxy) is 1. The van der Waals surface area contributed by atoms with Crippen LogP contribution in [0.5, 0.6) is 0 Å². The highest BCUT2D eigenvalue weighted by Gasteiger charge is 2.17. The second kappa shape index (κ2) is 11.9. The predicted octanol–water partition coefficient (Wildman–Crippen LogP) is 5.47. The fourth-order valence-electron chi connectivity index (χ4n) is 3.15. The Morgan fingerprint density at radius 1 is 1.04 bits per heavy atom. The molecule has 0 fully saturated rings. The second-order valence-electron chi connectivity index (χ2n) is 6.45. The molecular formula is C22H28ClF2NO. The maximum absolute atomic E-state index is 13.8. The summed E-state index contributed by atoms with van der Waals surface area (Å²) in [6.45, 7) is 7.97. The summed E-state index contributed by atoms with van der Waals surface area (Å²) < 4.78 is 33.3. The SMILES string of the molecule is CC=CCNCC(COCc1c(F)cccc1F)c1c(C)cccc1C.Cl. The third-order valence-corrected chi connectivity index (χ3v) is 4.47. The Hall–Kier alpha value is -1.75. The Balaban J connectivity index is 0.00000364. The lowest BCUT2D eigenvalue weighted by Crippen LogP contribution is -2.26. The summed E-state index contributed by atoms with van der Waals surface area (Å²) in [5.41, 5.74) is 3.61. The molecule has 0 aliphatic carbocycles. The van der Waals surface area contributed by atoms with Crippen LogP contribution in [0, 0.1) is 25.5 Å². The molecule has 0 saturated carbocycles. The van der Waals surface area contributed by atoms with E-state index < -0.39 is 11.6 Å². The van der Waals surface area contributed by atoms with Crippen molar-refractivity contribution in [2.45, 2.75) is 33.3 Å².